The Labute approximate surface area is 134 Å². The maximum atomic E-state index is 12.3. The maximum Gasteiger partial charge on any atom is 0.342 e. The zero-order chi connectivity index (χ0) is 17.0. The predicted molar refractivity (Wildman–Crippen MR) is 82.1 cm³/mol. The lowest BCUT2D eigenvalue weighted by atomic mass is 10.1. The normalized spacial score (nSPS) is 14.6. The van der Waals surface area contributed by atoms with Crippen molar-refractivity contribution in [2.75, 3.05) is 21.3 Å². The monoisotopic (exact) mass is 323 g/mol. The fourth-order valence-electron chi connectivity index (χ4n) is 2.09. The number of nitrogens with one attached hydrogen (secondary N) is 1. The number of benzene rings is 1. The largest absolute Gasteiger partial charge is 0.493 e. The highest BCUT2D eigenvalue weighted by Crippen LogP contribution is 2.40. The number of carbonyl (C=O) groups is 2. The van der Waals surface area contributed by atoms with Crippen LogP contribution in [0.1, 0.15) is 30.1 Å². The molecule has 1 aliphatic rings. The van der Waals surface area contributed by atoms with Crippen LogP contribution in [-0.2, 0) is 9.53 Å². The van der Waals surface area contributed by atoms with Crippen molar-refractivity contribution in [2.24, 2.45) is 0 Å². The molecule has 2 rings (SSSR count). The summed E-state index contributed by atoms with van der Waals surface area (Å²) >= 11 is 0. The van der Waals surface area contributed by atoms with Crippen LogP contribution in [0.25, 0.3) is 0 Å². The average molecular weight is 323 g/mol. The van der Waals surface area contributed by atoms with Gasteiger partial charge < -0.3 is 24.3 Å². The fraction of sp³-hybridized carbons (Fsp3) is 0.500. The van der Waals surface area contributed by atoms with E-state index in [9.17, 15) is 9.59 Å². The van der Waals surface area contributed by atoms with Gasteiger partial charge in [-0.05, 0) is 31.9 Å². The van der Waals surface area contributed by atoms with Crippen molar-refractivity contribution in [1.29, 1.82) is 0 Å². The first-order valence-electron chi connectivity index (χ1n) is 7.32. The lowest BCUT2D eigenvalue weighted by Gasteiger charge is -2.17. The summed E-state index contributed by atoms with van der Waals surface area (Å²) in [7, 11) is 4.35. The van der Waals surface area contributed by atoms with Crippen molar-refractivity contribution < 1.29 is 28.5 Å². The van der Waals surface area contributed by atoms with Gasteiger partial charge in [0, 0.05) is 6.04 Å². The van der Waals surface area contributed by atoms with Crippen LogP contribution < -0.4 is 19.5 Å². The van der Waals surface area contributed by atoms with Gasteiger partial charge >= 0.3 is 5.97 Å². The molecule has 0 radical (unpaired) electrons. The molecule has 0 aromatic heterocycles. The van der Waals surface area contributed by atoms with Gasteiger partial charge in [-0.25, -0.2) is 4.79 Å². The SMILES string of the molecule is COc1ccc(C(=O)O[C@@H](C)C(=O)NC2CC2)c(OC)c1OC. The molecular formula is C16H21NO6. The van der Waals surface area contributed by atoms with Crippen LogP contribution in [0.4, 0.5) is 0 Å². The molecule has 23 heavy (non-hydrogen) atoms. The highest BCUT2D eigenvalue weighted by atomic mass is 16.6. The number of hydrogen-bond donors (Lipinski definition) is 1. The van der Waals surface area contributed by atoms with Gasteiger partial charge in [0.1, 0.15) is 5.56 Å². The third-order valence-electron chi connectivity index (χ3n) is 3.50. The second-order valence-electron chi connectivity index (χ2n) is 5.21. The Morgan fingerprint density at radius 2 is 1.74 bits per heavy atom. The minimum Gasteiger partial charge on any atom is -0.493 e. The van der Waals surface area contributed by atoms with Gasteiger partial charge in [0.05, 0.1) is 21.3 Å². The van der Waals surface area contributed by atoms with Crippen LogP contribution in [0.5, 0.6) is 17.2 Å². The Hall–Kier alpha value is -2.44. The number of amides is 1. The third kappa shape index (κ3) is 3.85. The molecule has 1 aromatic rings. The van der Waals surface area contributed by atoms with Gasteiger partial charge in [0.2, 0.25) is 5.75 Å². The van der Waals surface area contributed by atoms with Crippen LogP contribution in [0.2, 0.25) is 0 Å². The number of carbonyl (C=O) groups excluding carboxylic acids is 2. The lowest BCUT2D eigenvalue weighted by molar-refractivity contribution is -0.129. The summed E-state index contributed by atoms with van der Waals surface area (Å²) in [5, 5.41) is 2.79. The average Bonchev–Trinajstić information content (AvgIpc) is 3.36. The summed E-state index contributed by atoms with van der Waals surface area (Å²) in [6.45, 7) is 1.53. The highest BCUT2D eigenvalue weighted by molar-refractivity contribution is 5.96. The summed E-state index contributed by atoms with van der Waals surface area (Å²) in [6.07, 6.45) is 1.05. The first-order valence-corrected chi connectivity index (χ1v) is 7.32. The second kappa shape index (κ2) is 7.21. The molecule has 1 N–H and O–H groups in total. The predicted octanol–water partition coefficient (Wildman–Crippen LogP) is 1.54. The molecule has 0 unspecified atom stereocenters. The molecule has 126 valence electrons. The molecule has 1 saturated carbocycles. The van der Waals surface area contributed by atoms with Gasteiger partial charge in [-0.1, -0.05) is 0 Å². The molecule has 1 atom stereocenters. The Bertz CT molecular complexity index is 596. The summed E-state index contributed by atoms with van der Waals surface area (Å²) in [5.41, 5.74) is 0.163. The molecule has 0 spiro atoms. The van der Waals surface area contributed by atoms with Crippen LogP contribution in [-0.4, -0.2) is 45.4 Å². The van der Waals surface area contributed by atoms with Gasteiger partial charge in [-0.3, -0.25) is 4.79 Å². The Morgan fingerprint density at radius 1 is 1.09 bits per heavy atom. The third-order valence-corrected chi connectivity index (χ3v) is 3.50. The summed E-state index contributed by atoms with van der Waals surface area (Å²) in [4.78, 5) is 24.2. The molecule has 1 fully saturated rings. The van der Waals surface area contributed by atoms with Gasteiger partial charge in [-0.2, -0.15) is 0 Å². The number of rotatable bonds is 7. The van der Waals surface area contributed by atoms with Gasteiger partial charge in [0.25, 0.3) is 5.91 Å². The van der Waals surface area contributed by atoms with E-state index in [4.69, 9.17) is 18.9 Å². The maximum absolute atomic E-state index is 12.3. The molecule has 0 bridgehead atoms. The first kappa shape index (κ1) is 16.9. The van der Waals surface area contributed by atoms with E-state index in [1.165, 1.54) is 34.3 Å². The second-order valence-corrected chi connectivity index (χ2v) is 5.21. The molecule has 0 heterocycles. The number of methoxy groups -OCH3 is 3. The van der Waals surface area contributed by atoms with E-state index in [0.717, 1.165) is 12.8 Å². The molecule has 1 amide bonds. The van der Waals surface area contributed by atoms with Crippen LogP contribution in [0.15, 0.2) is 12.1 Å². The van der Waals surface area contributed by atoms with Crippen LogP contribution in [0.3, 0.4) is 0 Å². The van der Waals surface area contributed by atoms with Crippen LogP contribution >= 0.6 is 0 Å². The summed E-state index contributed by atoms with van der Waals surface area (Å²) in [5.74, 6) is -0.0480. The van der Waals surface area contributed by atoms with E-state index < -0.39 is 12.1 Å². The summed E-state index contributed by atoms with van der Waals surface area (Å²) < 4.78 is 20.8. The Morgan fingerprint density at radius 3 is 2.26 bits per heavy atom. The zero-order valence-electron chi connectivity index (χ0n) is 13.7. The standard InChI is InChI=1S/C16H21NO6/c1-9(15(18)17-10-5-6-10)23-16(19)11-7-8-12(20-2)14(22-4)13(11)21-3/h7-10H,5-6H2,1-4H3,(H,17,18)/t9-/m0/s1. The van der Waals surface area contributed by atoms with Crippen molar-refractivity contribution in [3.63, 3.8) is 0 Å². The number of ether oxygens (including phenoxy) is 4. The van der Waals surface area contributed by atoms with E-state index in [1.54, 1.807) is 6.07 Å². The number of hydrogen-bond acceptors (Lipinski definition) is 6. The fourth-order valence-corrected chi connectivity index (χ4v) is 2.09. The van der Waals surface area contributed by atoms with Crippen molar-refractivity contribution in [3.8, 4) is 17.2 Å². The first-order chi connectivity index (χ1) is 11.0. The molecule has 7 heteroatoms. The quantitative estimate of drug-likeness (QED) is 0.766. The topological polar surface area (TPSA) is 83.1 Å². The minimum absolute atomic E-state index is 0.163. The zero-order valence-corrected chi connectivity index (χ0v) is 13.7. The highest BCUT2D eigenvalue weighted by Gasteiger charge is 2.29. The van der Waals surface area contributed by atoms with Crippen LogP contribution in [0, 0.1) is 0 Å². The molecule has 1 aliphatic carbocycles. The van der Waals surface area contributed by atoms with E-state index in [-0.39, 0.29) is 23.3 Å². The van der Waals surface area contributed by atoms with Crippen molar-refractivity contribution in [1.82, 2.24) is 5.32 Å². The van der Waals surface area contributed by atoms with E-state index in [1.807, 2.05) is 0 Å². The Kier molecular flexibility index (Phi) is 5.31. The number of esters is 1. The molecule has 1 aromatic carbocycles. The molecule has 0 aliphatic heterocycles. The van der Waals surface area contributed by atoms with Gasteiger partial charge in [-0.15, -0.1) is 0 Å². The van der Waals surface area contributed by atoms with Gasteiger partial charge in [0.15, 0.2) is 17.6 Å². The smallest absolute Gasteiger partial charge is 0.342 e. The van der Waals surface area contributed by atoms with Crippen molar-refractivity contribution in [3.05, 3.63) is 17.7 Å². The van der Waals surface area contributed by atoms with E-state index in [0.29, 0.717) is 11.5 Å². The van der Waals surface area contributed by atoms with E-state index >= 15 is 0 Å². The van der Waals surface area contributed by atoms with Crippen molar-refractivity contribution >= 4 is 11.9 Å². The van der Waals surface area contributed by atoms with E-state index in [2.05, 4.69) is 5.32 Å². The van der Waals surface area contributed by atoms with Crippen molar-refractivity contribution in [2.45, 2.75) is 31.9 Å². The Balaban J connectivity index is 2.16. The molecular weight excluding hydrogens is 302 g/mol. The lowest BCUT2D eigenvalue weighted by Crippen LogP contribution is -2.37. The molecule has 0 saturated heterocycles. The molecule has 7 nitrogen and oxygen atoms in total. The summed E-state index contributed by atoms with van der Waals surface area (Å²) in [6, 6.07) is 3.29. The minimum atomic E-state index is -0.888.